The summed E-state index contributed by atoms with van der Waals surface area (Å²) in [6, 6.07) is 3.71. The Morgan fingerprint density at radius 3 is 2.06 bits per heavy atom. The summed E-state index contributed by atoms with van der Waals surface area (Å²) >= 11 is 0. The van der Waals surface area contributed by atoms with Crippen LogP contribution in [0.4, 0.5) is 0 Å². The molecule has 0 radical (unpaired) electrons. The van der Waals surface area contributed by atoms with Crippen molar-refractivity contribution >= 4 is 21.8 Å². The number of phenolic OH excluding ortho intramolecular Hbond substituents is 5. The monoisotopic (exact) mass is 247 g/mol. The summed E-state index contributed by atoms with van der Waals surface area (Å²) in [5, 5.41) is 48.3. The van der Waals surface area contributed by atoms with E-state index in [-0.39, 0.29) is 22.3 Å². The highest BCUT2D eigenvalue weighted by Crippen LogP contribution is 2.46. The highest BCUT2D eigenvalue weighted by molar-refractivity contribution is 6.14. The van der Waals surface area contributed by atoms with E-state index in [0.29, 0.717) is 11.0 Å². The molecule has 0 amide bonds. The van der Waals surface area contributed by atoms with Crippen LogP contribution < -0.4 is 0 Å². The second kappa shape index (κ2) is 3.13. The molecule has 0 atom stereocenters. The van der Waals surface area contributed by atoms with Gasteiger partial charge in [0.2, 0.25) is 5.75 Å². The molecular weight excluding hydrogens is 238 g/mol. The molecule has 0 saturated heterocycles. The van der Waals surface area contributed by atoms with Crippen molar-refractivity contribution in [1.82, 2.24) is 4.98 Å². The number of hydrogen-bond acceptors (Lipinski definition) is 5. The standard InChI is InChI=1S/C12H9NO5/c14-4-1-5-9(7(15)2-4)10-6(13-5)3-8(16)11(17)12(10)18/h1-3,13-18H. The van der Waals surface area contributed by atoms with Crippen LogP contribution in [0.2, 0.25) is 0 Å². The molecule has 0 fully saturated rings. The molecule has 1 aromatic heterocycles. The van der Waals surface area contributed by atoms with E-state index in [0.717, 1.165) is 6.07 Å². The minimum absolute atomic E-state index is 0.139. The molecule has 0 unspecified atom stereocenters. The Labute approximate surface area is 100.0 Å². The first-order valence-corrected chi connectivity index (χ1v) is 5.10. The van der Waals surface area contributed by atoms with Gasteiger partial charge in [-0.05, 0) is 0 Å². The molecule has 1 heterocycles. The fourth-order valence-electron chi connectivity index (χ4n) is 2.11. The van der Waals surface area contributed by atoms with Gasteiger partial charge in [-0.1, -0.05) is 0 Å². The number of benzene rings is 2. The van der Waals surface area contributed by atoms with Gasteiger partial charge in [-0.25, -0.2) is 0 Å². The van der Waals surface area contributed by atoms with Gasteiger partial charge in [0, 0.05) is 18.2 Å². The quantitative estimate of drug-likeness (QED) is 0.339. The van der Waals surface area contributed by atoms with E-state index in [1.807, 2.05) is 0 Å². The van der Waals surface area contributed by atoms with E-state index in [1.54, 1.807) is 0 Å². The maximum atomic E-state index is 9.82. The van der Waals surface area contributed by atoms with Gasteiger partial charge in [-0.2, -0.15) is 0 Å². The van der Waals surface area contributed by atoms with Gasteiger partial charge in [0.05, 0.1) is 21.8 Å². The molecule has 92 valence electrons. The highest BCUT2D eigenvalue weighted by atomic mass is 16.3. The van der Waals surface area contributed by atoms with Crippen LogP contribution in [0, 0.1) is 0 Å². The van der Waals surface area contributed by atoms with Crippen molar-refractivity contribution in [3.05, 3.63) is 18.2 Å². The molecule has 3 rings (SSSR count). The third-order valence-electron chi connectivity index (χ3n) is 2.88. The lowest BCUT2D eigenvalue weighted by Gasteiger charge is -2.03. The smallest absolute Gasteiger partial charge is 0.201 e. The van der Waals surface area contributed by atoms with Crippen molar-refractivity contribution in [2.75, 3.05) is 0 Å². The number of H-pyrrole nitrogens is 1. The summed E-state index contributed by atoms with van der Waals surface area (Å²) in [7, 11) is 0. The van der Waals surface area contributed by atoms with Gasteiger partial charge in [-0.3, -0.25) is 0 Å². The normalized spacial score (nSPS) is 11.3. The molecular formula is C12H9NO5. The SMILES string of the molecule is Oc1cc(O)c2c(c1)[nH]c1cc(O)c(O)c(O)c12. The molecule has 18 heavy (non-hydrogen) atoms. The maximum absolute atomic E-state index is 9.82. The predicted molar refractivity (Wildman–Crippen MR) is 64.1 cm³/mol. The molecule has 3 aromatic rings. The van der Waals surface area contributed by atoms with E-state index in [9.17, 15) is 25.5 Å². The van der Waals surface area contributed by atoms with Gasteiger partial charge >= 0.3 is 0 Å². The number of phenols is 5. The topological polar surface area (TPSA) is 117 Å². The number of nitrogens with one attached hydrogen (secondary N) is 1. The Bertz CT molecular complexity index is 790. The van der Waals surface area contributed by atoms with Crippen molar-refractivity contribution < 1.29 is 25.5 Å². The summed E-state index contributed by atoms with van der Waals surface area (Å²) in [4.78, 5) is 2.82. The molecule has 0 aliphatic rings. The van der Waals surface area contributed by atoms with Crippen LogP contribution in [0.25, 0.3) is 21.8 Å². The fraction of sp³-hybridized carbons (Fsp3) is 0. The fourth-order valence-corrected chi connectivity index (χ4v) is 2.11. The molecule has 2 aromatic carbocycles. The van der Waals surface area contributed by atoms with Gasteiger partial charge in [0.15, 0.2) is 11.5 Å². The Hall–Kier alpha value is -2.76. The van der Waals surface area contributed by atoms with Gasteiger partial charge in [-0.15, -0.1) is 0 Å². The summed E-state index contributed by atoms with van der Waals surface area (Å²) in [6.45, 7) is 0. The largest absolute Gasteiger partial charge is 0.508 e. The van der Waals surface area contributed by atoms with Crippen molar-refractivity contribution in [1.29, 1.82) is 0 Å². The molecule has 0 aliphatic carbocycles. The summed E-state index contributed by atoms with van der Waals surface area (Å²) in [5.74, 6) is -2.04. The Kier molecular flexibility index (Phi) is 1.81. The van der Waals surface area contributed by atoms with Gasteiger partial charge in [0.25, 0.3) is 0 Å². The number of rotatable bonds is 0. The third-order valence-corrected chi connectivity index (χ3v) is 2.88. The first kappa shape index (κ1) is 10.4. The van der Waals surface area contributed by atoms with Crippen LogP contribution >= 0.6 is 0 Å². The number of aromatic amines is 1. The van der Waals surface area contributed by atoms with Crippen molar-refractivity contribution in [2.45, 2.75) is 0 Å². The lowest BCUT2D eigenvalue weighted by atomic mass is 10.1. The number of aromatic nitrogens is 1. The maximum Gasteiger partial charge on any atom is 0.201 e. The van der Waals surface area contributed by atoms with Crippen LogP contribution in [-0.4, -0.2) is 30.5 Å². The van der Waals surface area contributed by atoms with Crippen LogP contribution in [-0.2, 0) is 0 Å². The highest BCUT2D eigenvalue weighted by Gasteiger charge is 2.18. The minimum atomic E-state index is -0.657. The van der Waals surface area contributed by atoms with Crippen LogP contribution in [0.3, 0.4) is 0 Å². The second-order valence-electron chi connectivity index (χ2n) is 4.03. The van der Waals surface area contributed by atoms with E-state index in [1.165, 1.54) is 12.1 Å². The molecule has 0 aliphatic heterocycles. The van der Waals surface area contributed by atoms with Gasteiger partial charge in [0.1, 0.15) is 11.5 Å². The minimum Gasteiger partial charge on any atom is -0.508 e. The second-order valence-corrected chi connectivity index (χ2v) is 4.03. The van der Waals surface area contributed by atoms with Crippen LogP contribution in [0.5, 0.6) is 28.7 Å². The van der Waals surface area contributed by atoms with E-state index >= 15 is 0 Å². The van der Waals surface area contributed by atoms with Crippen molar-refractivity contribution in [3.63, 3.8) is 0 Å². The molecule has 6 nitrogen and oxygen atoms in total. The zero-order chi connectivity index (χ0) is 13.0. The molecule has 0 saturated carbocycles. The Morgan fingerprint density at radius 2 is 1.33 bits per heavy atom. The van der Waals surface area contributed by atoms with Gasteiger partial charge < -0.3 is 30.5 Å². The molecule has 6 N–H and O–H groups in total. The Balaban J connectivity index is 2.62. The van der Waals surface area contributed by atoms with Crippen molar-refractivity contribution in [3.8, 4) is 28.7 Å². The molecule has 0 bridgehead atoms. The van der Waals surface area contributed by atoms with Crippen LogP contribution in [0.15, 0.2) is 18.2 Å². The lowest BCUT2D eigenvalue weighted by Crippen LogP contribution is -1.75. The van der Waals surface area contributed by atoms with E-state index in [4.69, 9.17) is 0 Å². The molecule has 6 heteroatoms. The van der Waals surface area contributed by atoms with Crippen molar-refractivity contribution in [2.24, 2.45) is 0 Å². The molecule has 0 spiro atoms. The first-order valence-electron chi connectivity index (χ1n) is 5.10. The summed E-state index contributed by atoms with van der Waals surface area (Å²) in [6.07, 6.45) is 0. The van der Waals surface area contributed by atoms with E-state index in [2.05, 4.69) is 4.98 Å². The average molecular weight is 247 g/mol. The van der Waals surface area contributed by atoms with E-state index < -0.39 is 17.2 Å². The number of hydrogen-bond donors (Lipinski definition) is 6. The summed E-state index contributed by atoms with van der Waals surface area (Å²) < 4.78 is 0. The number of aromatic hydroxyl groups is 5. The average Bonchev–Trinajstić information content (AvgIpc) is 2.64. The lowest BCUT2D eigenvalue weighted by molar-refractivity contribution is 0.371. The first-order chi connectivity index (χ1) is 8.49. The predicted octanol–water partition coefficient (Wildman–Crippen LogP) is 1.85. The Morgan fingerprint density at radius 1 is 0.667 bits per heavy atom. The third kappa shape index (κ3) is 1.17. The zero-order valence-electron chi connectivity index (χ0n) is 8.97. The zero-order valence-corrected chi connectivity index (χ0v) is 8.97. The summed E-state index contributed by atoms with van der Waals surface area (Å²) in [5.41, 5.74) is 0.710. The number of fused-ring (bicyclic) bond motifs is 3. The van der Waals surface area contributed by atoms with Crippen LogP contribution in [0.1, 0.15) is 0 Å².